The first kappa shape index (κ1) is 31.7. The fourth-order valence-electron chi connectivity index (χ4n) is 4.79. The minimum absolute atomic E-state index is 0.0637. The van der Waals surface area contributed by atoms with Gasteiger partial charge >= 0.3 is 0 Å². The Kier molecular flexibility index (Phi) is 10.9. The predicted molar refractivity (Wildman–Crippen MR) is 165 cm³/mol. The molecule has 1 aliphatic heterocycles. The van der Waals surface area contributed by atoms with E-state index in [0.717, 1.165) is 21.9 Å². The molecule has 3 aromatic rings. The van der Waals surface area contributed by atoms with Gasteiger partial charge in [0.15, 0.2) is 11.5 Å². The molecule has 2 amide bonds. The summed E-state index contributed by atoms with van der Waals surface area (Å²) in [6.45, 7) is 4.20. The number of hydrogen-bond acceptors (Lipinski definition) is 7. The zero-order valence-electron chi connectivity index (χ0n) is 24.8. The Labute approximate surface area is 253 Å². The van der Waals surface area contributed by atoms with Crippen molar-refractivity contribution >= 4 is 27.5 Å². The van der Waals surface area contributed by atoms with E-state index in [2.05, 4.69) is 5.32 Å². The molecule has 0 aliphatic carbocycles. The van der Waals surface area contributed by atoms with Crippen molar-refractivity contribution in [2.24, 2.45) is 0 Å². The van der Waals surface area contributed by atoms with Gasteiger partial charge < -0.3 is 24.4 Å². The van der Waals surface area contributed by atoms with Crippen LogP contribution in [0.15, 0.2) is 72.8 Å². The standard InChI is InChI=1S/C32H39N3O7S/c1-4-16-33-32(37)28(20-24-10-7-6-8-11-24)34(22-25-12-9-13-27(19-25)40-3)31(36)23-35(43(38,39)5-2)26-14-15-29-30(21-26)42-18-17-41-29/h6-15,19,21,28H,4-5,16-18,20,22-23H2,1-3H3,(H,33,37). The average Bonchev–Trinajstić information content (AvgIpc) is 3.04. The second-order valence-corrected chi connectivity index (χ2v) is 12.3. The Morgan fingerprint density at radius 3 is 2.35 bits per heavy atom. The van der Waals surface area contributed by atoms with Crippen LogP contribution in [0, 0.1) is 0 Å². The number of methoxy groups -OCH3 is 1. The zero-order valence-corrected chi connectivity index (χ0v) is 25.6. The molecule has 1 unspecified atom stereocenters. The summed E-state index contributed by atoms with van der Waals surface area (Å²) in [6, 6.07) is 20.6. The Balaban J connectivity index is 1.75. The van der Waals surface area contributed by atoms with Crippen molar-refractivity contribution in [3.8, 4) is 17.2 Å². The topological polar surface area (TPSA) is 114 Å². The number of benzene rings is 3. The van der Waals surface area contributed by atoms with Crippen molar-refractivity contribution < 1.29 is 32.2 Å². The van der Waals surface area contributed by atoms with Crippen LogP contribution in [0.4, 0.5) is 5.69 Å². The number of rotatable bonds is 14. The molecule has 4 rings (SSSR count). The molecule has 1 atom stereocenters. The smallest absolute Gasteiger partial charge is 0.244 e. The van der Waals surface area contributed by atoms with Gasteiger partial charge in [-0.1, -0.05) is 49.4 Å². The molecular weight excluding hydrogens is 570 g/mol. The maximum absolute atomic E-state index is 14.3. The van der Waals surface area contributed by atoms with E-state index < -0.39 is 28.5 Å². The van der Waals surface area contributed by atoms with Crippen LogP contribution in [-0.4, -0.2) is 70.3 Å². The zero-order chi connectivity index (χ0) is 30.8. The lowest BCUT2D eigenvalue weighted by Gasteiger charge is -2.34. The van der Waals surface area contributed by atoms with Gasteiger partial charge in [-0.2, -0.15) is 0 Å². The third-order valence-electron chi connectivity index (χ3n) is 7.10. The van der Waals surface area contributed by atoms with Gasteiger partial charge in [0.05, 0.1) is 18.6 Å². The fraction of sp³-hybridized carbons (Fsp3) is 0.375. The normalized spacial score (nSPS) is 13.1. The van der Waals surface area contributed by atoms with Crippen LogP contribution < -0.4 is 23.8 Å². The molecule has 1 heterocycles. The Bertz CT molecular complexity index is 1500. The molecule has 0 spiro atoms. The molecule has 0 fully saturated rings. The molecule has 0 saturated carbocycles. The first-order chi connectivity index (χ1) is 20.7. The van der Waals surface area contributed by atoms with Crippen LogP contribution in [0.3, 0.4) is 0 Å². The van der Waals surface area contributed by atoms with Gasteiger partial charge in [0, 0.05) is 25.6 Å². The monoisotopic (exact) mass is 609 g/mol. The molecule has 0 aromatic heterocycles. The molecule has 3 aromatic carbocycles. The third-order valence-corrected chi connectivity index (χ3v) is 8.84. The van der Waals surface area contributed by atoms with Gasteiger partial charge in [-0.05, 0) is 48.7 Å². The van der Waals surface area contributed by atoms with Gasteiger partial charge in [-0.25, -0.2) is 8.42 Å². The molecule has 43 heavy (non-hydrogen) atoms. The van der Waals surface area contributed by atoms with Crippen LogP contribution in [0.5, 0.6) is 17.2 Å². The molecule has 230 valence electrons. The SMILES string of the molecule is CCCNC(=O)C(Cc1ccccc1)N(Cc1cccc(OC)c1)C(=O)CN(c1ccc2c(c1)OCCO2)S(=O)(=O)CC. The number of hydrogen-bond donors (Lipinski definition) is 1. The molecule has 1 N–H and O–H groups in total. The number of fused-ring (bicyclic) bond motifs is 1. The van der Waals surface area contributed by atoms with Crippen LogP contribution in [-0.2, 0) is 32.6 Å². The fourth-order valence-corrected chi connectivity index (χ4v) is 5.85. The first-order valence-corrected chi connectivity index (χ1v) is 16.0. The Hall–Kier alpha value is -4.25. The summed E-state index contributed by atoms with van der Waals surface area (Å²) < 4.78 is 44.5. The minimum atomic E-state index is -3.90. The summed E-state index contributed by atoms with van der Waals surface area (Å²) in [6.07, 6.45) is 0.969. The number of ether oxygens (including phenoxy) is 3. The number of amides is 2. The second kappa shape index (κ2) is 14.8. The van der Waals surface area contributed by atoms with Crippen LogP contribution in [0.2, 0.25) is 0 Å². The van der Waals surface area contributed by atoms with Gasteiger partial charge in [0.25, 0.3) is 0 Å². The quantitative estimate of drug-likeness (QED) is 0.296. The Morgan fingerprint density at radius 1 is 0.930 bits per heavy atom. The molecule has 11 heteroatoms. The van der Waals surface area contributed by atoms with Crippen molar-refractivity contribution in [1.82, 2.24) is 10.2 Å². The van der Waals surface area contributed by atoms with Crippen LogP contribution in [0.1, 0.15) is 31.4 Å². The summed E-state index contributed by atoms with van der Waals surface area (Å²) in [4.78, 5) is 29.4. The summed E-state index contributed by atoms with van der Waals surface area (Å²) in [5.74, 6) is 0.446. The predicted octanol–water partition coefficient (Wildman–Crippen LogP) is 3.79. The number of anilines is 1. The Morgan fingerprint density at radius 2 is 1.65 bits per heavy atom. The van der Waals surface area contributed by atoms with Gasteiger partial charge in [0.2, 0.25) is 21.8 Å². The van der Waals surface area contributed by atoms with Crippen molar-refractivity contribution in [2.75, 3.05) is 43.5 Å². The summed E-state index contributed by atoms with van der Waals surface area (Å²) in [5.41, 5.74) is 1.88. The van der Waals surface area contributed by atoms with E-state index in [1.807, 2.05) is 49.4 Å². The van der Waals surface area contributed by atoms with Crippen molar-refractivity contribution in [1.29, 1.82) is 0 Å². The number of nitrogens with zero attached hydrogens (tertiary/aromatic N) is 2. The average molecular weight is 610 g/mol. The highest BCUT2D eigenvalue weighted by Crippen LogP contribution is 2.35. The lowest BCUT2D eigenvalue weighted by atomic mass is 10.0. The highest BCUT2D eigenvalue weighted by molar-refractivity contribution is 7.92. The maximum Gasteiger partial charge on any atom is 0.244 e. The van der Waals surface area contributed by atoms with Gasteiger partial charge in [0.1, 0.15) is 31.5 Å². The first-order valence-electron chi connectivity index (χ1n) is 14.4. The van der Waals surface area contributed by atoms with Crippen molar-refractivity contribution in [3.05, 3.63) is 83.9 Å². The lowest BCUT2D eigenvalue weighted by molar-refractivity contribution is -0.140. The molecular formula is C32H39N3O7S. The second-order valence-electron chi connectivity index (χ2n) is 10.1. The van der Waals surface area contributed by atoms with E-state index >= 15 is 0 Å². The number of carbonyl (C=O) groups is 2. The van der Waals surface area contributed by atoms with E-state index in [-0.39, 0.29) is 30.3 Å². The van der Waals surface area contributed by atoms with E-state index in [1.54, 1.807) is 37.4 Å². The lowest BCUT2D eigenvalue weighted by Crippen LogP contribution is -2.53. The molecule has 0 bridgehead atoms. The number of sulfonamides is 1. The van der Waals surface area contributed by atoms with E-state index in [0.29, 0.717) is 37.0 Å². The van der Waals surface area contributed by atoms with Crippen molar-refractivity contribution in [2.45, 2.75) is 39.3 Å². The van der Waals surface area contributed by atoms with Gasteiger partial charge in [-0.15, -0.1) is 0 Å². The minimum Gasteiger partial charge on any atom is -0.497 e. The summed E-state index contributed by atoms with van der Waals surface area (Å²) >= 11 is 0. The summed E-state index contributed by atoms with van der Waals surface area (Å²) in [5, 5.41) is 2.94. The molecule has 0 saturated heterocycles. The van der Waals surface area contributed by atoms with Crippen LogP contribution >= 0.6 is 0 Å². The highest BCUT2D eigenvalue weighted by Gasteiger charge is 2.34. The van der Waals surface area contributed by atoms with Gasteiger partial charge in [-0.3, -0.25) is 13.9 Å². The van der Waals surface area contributed by atoms with E-state index in [1.165, 1.54) is 11.8 Å². The largest absolute Gasteiger partial charge is 0.497 e. The van der Waals surface area contributed by atoms with E-state index in [9.17, 15) is 18.0 Å². The third kappa shape index (κ3) is 8.19. The molecule has 0 radical (unpaired) electrons. The molecule has 10 nitrogen and oxygen atoms in total. The summed E-state index contributed by atoms with van der Waals surface area (Å²) in [7, 11) is -2.35. The molecule has 1 aliphatic rings. The maximum atomic E-state index is 14.3. The number of nitrogens with one attached hydrogen (secondary N) is 1. The van der Waals surface area contributed by atoms with Crippen molar-refractivity contribution in [3.63, 3.8) is 0 Å². The number of carbonyl (C=O) groups excluding carboxylic acids is 2. The highest BCUT2D eigenvalue weighted by atomic mass is 32.2. The van der Waals surface area contributed by atoms with E-state index in [4.69, 9.17) is 14.2 Å². The van der Waals surface area contributed by atoms with Crippen LogP contribution in [0.25, 0.3) is 0 Å².